The molecule has 0 saturated carbocycles. The van der Waals surface area contributed by atoms with Crippen LogP contribution in [-0.4, -0.2) is 83.7 Å². The van der Waals surface area contributed by atoms with Gasteiger partial charge in [-0.15, -0.1) is 0 Å². The monoisotopic (exact) mass is 559 g/mol. The predicted molar refractivity (Wildman–Crippen MR) is 154 cm³/mol. The summed E-state index contributed by atoms with van der Waals surface area (Å²) in [4.78, 5) is 23.3. The van der Waals surface area contributed by atoms with Gasteiger partial charge in [0.05, 0.1) is 47.0 Å². The first-order valence-corrected chi connectivity index (χ1v) is 15.4. The van der Waals surface area contributed by atoms with Gasteiger partial charge < -0.3 is 9.64 Å². The fourth-order valence-electron chi connectivity index (χ4n) is 5.76. The Balaban J connectivity index is 1.36. The summed E-state index contributed by atoms with van der Waals surface area (Å²) in [5, 5.41) is 5.43. The van der Waals surface area contributed by atoms with Gasteiger partial charge in [-0.3, -0.25) is 9.69 Å². The molecule has 1 atom stereocenters. The third kappa shape index (κ3) is 5.21. The Morgan fingerprint density at radius 3 is 2.50 bits per heavy atom. The average molecular weight is 560 g/mol. The van der Waals surface area contributed by atoms with E-state index in [1.54, 1.807) is 11.8 Å². The summed E-state index contributed by atoms with van der Waals surface area (Å²) < 4.78 is 31.8. The Hall–Kier alpha value is -3.76. The van der Waals surface area contributed by atoms with E-state index in [4.69, 9.17) is 14.8 Å². The number of aromatic nitrogens is 3. The number of hydrogen-bond acceptors (Lipinski definition) is 7. The number of ether oxygens (including phenoxy) is 1. The Morgan fingerprint density at radius 2 is 1.80 bits per heavy atom. The Kier molecular flexibility index (Phi) is 7.06. The number of sulfone groups is 1. The second-order valence-electron chi connectivity index (χ2n) is 10.6. The molecule has 2 saturated heterocycles. The van der Waals surface area contributed by atoms with Crippen LogP contribution in [-0.2, 0) is 16.4 Å². The quantitative estimate of drug-likeness (QED) is 0.355. The number of carbonyl (C=O) groups excluding carboxylic acids is 1. The first-order valence-electron chi connectivity index (χ1n) is 13.6. The first kappa shape index (κ1) is 26.5. The van der Waals surface area contributed by atoms with Crippen LogP contribution in [0.2, 0.25) is 0 Å². The molecular weight excluding hydrogens is 526 g/mol. The third-order valence-electron chi connectivity index (χ3n) is 7.90. The zero-order valence-corrected chi connectivity index (χ0v) is 23.6. The molecule has 1 amide bonds. The van der Waals surface area contributed by atoms with E-state index >= 15 is 0 Å². The molecule has 2 aliphatic rings. The molecule has 0 aliphatic carbocycles. The van der Waals surface area contributed by atoms with Crippen molar-refractivity contribution in [1.29, 1.82) is 0 Å². The highest BCUT2D eigenvalue weighted by atomic mass is 32.2. The molecule has 0 spiro atoms. The molecule has 10 heteroatoms. The molecule has 0 radical (unpaired) electrons. The molecule has 2 aliphatic heterocycles. The highest BCUT2D eigenvalue weighted by Gasteiger charge is 2.33. The number of nitrogens with zero attached hydrogens (tertiary/aromatic N) is 5. The standard InChI is InChI=1S/C30H33N5O4S/c1-21-28-26(30(36)34-14-12-33(13-15-34)19-22-7-4-3-5-8-22)18-27(23-9-6-10-25(17-23)39-2)31-29(28)35(32-21)24-11-16-40(37,38)20-24/h3-10,17-18,24H,11-16,19-20H2,1-2H3. The van der Waals surface area contributed by atoms with Crippen LogP contribution in [0.25, 0.3) is 22.3 Å². The molecule has 40 heavy (non-hydrogen) atoms. The van der Waals surface area contributed by atoms with Crippen LogP contribution >= 0.6 is 0 Å². The van der Waals surface area contributed by atoms with Crippen LogP contribution in [0.15, 0.2) is 60.7 Å². The van der Waals surface area contributed by atoms with Crippen LogP contribution < -0.4 is 4.74 Å². The number of piperazine rings is 1. The molecule has 208 valence electrons. The minimum atomic E-state index is -3.13. The van der Waals surface area contributed by atoms with Gasteiger partial charge in [0.15, 0.2) is 15.5 Å². The number of methoxy groups -OCH3 is 1. The average Bonchev–Trinajstić information content (AvgIpc) is 3.51. The number of fused-ring (bicyclic) bond motifs is 1. The van der Waals surface area contributed by atoms with E-state index < -0.39 is 9.84 Å². The van der Waals surface area contributed by atoms with Crippen LogP contribution in [0.5, 0.6) is 5.75 Å². The van der Waals surface area contributed by atoms with Crippen molar-refractivity contribution in [3.63, 3.8) is 0 Å². The summed E-state index contributed by atoms with van der Waals surface area (Å²) in [6.07, 6.45) is 0.482. The van der Waals surface area contributed by atoms with E-state index in [9.17, 15) is 13.2 Å². The van der Waals surface area contributed by atoms with E-state index in [1.165, 1.54) is 5.56 Å². The van der Waals surface area contributed by atoms with Crippen molar-refractivity contribution in [3.05, 3.63) is 77.5 Å². The summed E-state index contributed by atoms with van der Waals surface area (Å²) in [7, 11) is -1.52. The van der Waals surface area contributed by atoms with Gasteiger partial charge in [0.1, 0.15) is 5.75 Å². The smallest absolute Gasteiger partial charge is 0.254 e. The lowest BCUT2D eigenvalue weighted by Crippen LogP contribution is -2.48. The summed E-state index contributed by atoms with van der Waals surface area (Å²) in [5.41, 5.74) is 4.47. The lowest BCUT2D eigenvalue weighted by atomic mass is 10.0. The minimum absolute atomic E-state index is 0.0287. The number of aryl methyl sites for hydroxylation is 1. The van der Waals surface area contributed by atoms with Gasteiger partial charge in [0, 0.05) is 38.3 Å². The molecule has 2 aromatic carbocycles. The molecular formula is C30H33N5O4S. The second kappa shape index (κ2) is 10.7. The summed E-state index contributed by atoms with van der Waals surface area (Å²) in [6, 6.07) is 19.5. The van der Waals surface area contributed by atoms with E-state index in [1.807, 2.05) is 60.4 Å². The number of carbonyl (C=O) groups is 1. The van der Waals surface area contributed by atoms with Crippen LogP contribution in [0.3, 0.4) is 0 Å². The van der Waals surface area contributed by atoms with E-state index in [-0.39, 0.29) is 23.5 Å². The number of pyridine rings is 1. The van der Waals surface area contributed by atoms with Crippen molar-refractivity contribution in [3.8, 4) is 17.0 Å². The molecule has 4 aromatic rings. The van der Waals surface area contributed by atoms with Gasteiger partial charge >= 0.3 is 0 Å². The van der Waals surface area contributed by atoms with Gasteiger partial charge in [-0.1, -0.05) is 42.5 Å². The fraction of sp³-hybridized carbons (Fsp3) is 0.367. The maximum Gasteiger partial charge on any atom is 0.254 e. The zero-order valence-electron chi connectivity index (χ0n) is 22.8. The molecule has 0 bridgehead atoms. The molecule has 2 fully saturated rings. The SMILES string of the molecule is COc1cccc(-c2cc(C(=O)N3CCN(Cc4ccccc4)CC3)c3c(C)nn(C4CCS(=O)(=O)C4)c3n2)c1. The lowest BCUT2D eigenvalue weighted by molar-refractivity contribution is 0.0630. The summed E-state index contributed by atoms with van der Waals surface area (Å²) in [5.74, 6) is 0.791. The van der Waals surface area contributed by atoms with E-state index in [0.717, 1.165) is 25.2 Å². The highest BCUT2D eigenvalue weighted by molar-refractivity contribution is 7.91. The Bertz CT molecular complexity index is 1660. The maximum absolute atomic E-state index is 14.1. The molecule has 6 rings (SSSR count). The van der Waals surface area contributed by atoms with Gasteiger partial charge in [-0.2, -0.15) is 5.10 Å². The number of benzene rings is 2. The van der Waals surface area contributed by atoms with Crippen LogP contribution in [0, 0.1) is 6.92 Å². The Morgan fingerprint density at radius 1 is 1.02 bits per heavy atom. The van der Waals surface area contributed by atoms with Crippen molar-refractivity contribution >= 4 is 26.8 Å². The predicted octanol–water partition coefficient (Wildman–Crippen LogP) is 3.73. The number of amides is 1. The van der Waals surface area contributed by atoms with Crippen molar-refractivity contribution in [2.45, 2.75) is 25.9 Å². The first-order chi connectivity index (χ1) is 19.3. The molecule has 9 nitrogen and oxygen atoms in total. The largest absolute Gasteiger partial charge is 0.497 e. The molecule has 2 aromatic heterocycles. The van der Waals surface area contributed by atoms with Crippen molar-refractivity contribution in [2.75, 3.05) is 44.8 Å². The maximum atomic E-state index is 14.1. The van der Waals surface area contributed by atoms with Crippen molar-refractivity contribution in [1.82, 2.24) is 24.6 Å². The van der Waals surface area contributed by atoms with E-state index in [2.05, 4.69) is 17.0 Å². The van der Waals surface area contributed by atoms with Gasteiger partial charge in [-0.05, 0) is 37.1 Å². The minimum Gasteiger partial charge on any atom is -0.497 e. The number of rotatable bonds is 6. The summed E-state index contributed by atoms with van der Waals surface area (Å²) >= 11 is 0. The van der Waals surface area contributed by atoms with Gasteiger partial charge in [0.25, 0.3) is 5.91 Å². The number of hydrogen-bond donors (Lipinski definition) is 0. The van der Waals surface area contributed by atoms with Gasteiger partial charge in [-0.25, -0.2) is 18.1 Å². The summed E-state index contributed by atoms with van der Waals surface area (Å²) in [6.45, 7) is 5.55. The van der Waals surface area contributed by atoms with Crippen molar-refractivity contribution < 1.29 is 17.9 Å². The Labute approximate surface area is 234 Å². The molecule has 1 unspecified atom stereocenters. The topological polar surface area (TPSA) is 97.6 Å². The third-order valence-corrected chi connectivity index (χ3v) is 9.65. The lowest BCUT2D eigenvalue weighted by Gasteiger charge is -2.35. The normalized spacial score (nSPS) is 19.2. The fourth-order valence-corrected chi connectivity index (χ4v) is 7.45. The van der Waals surface area contributed by atoms with E-state index in [0.29, 0.717) is 53.2 Å². The zero-order chi connectivity index (χ0) is 27.9. The molecule has 0 N–H and O–H groups in total. The molecule has 4 heterocycles. The van der Waals surface area contributed by atoms with Crippen LogP contribution in [0.1, 0.15) is 34.1 Å². The highest BCUT2D eigenvalue weighted by Crippen LogP contribution is 2.33. The van der Waals surface area contributed by atoms with Gasteiger partial charge in [0.2, 0.25) is 0 Å². The second-order valence-corrected chi connectivity index (χ2v) is 12.9. The van der Waals surface area contributed by atoms with Crippen molar-refractivity contribution in [2.24, 2.45) is 0 Å². The van der Waals surface area contributed by atoms with Crippen LogP contribution in [0.4, 0.5) is 0 Å².